The van der Waals surface area contributed by atoms with Gasteiger partial charge in [0.15, 0.2) is 0 Å². The third kappa shape index (κ3) is 2.69. The number of rotatable bonds is 2. The lowest BCUT2D eigenvalue weighted by Gasteiger charge is -2.19. The summed E-state index contributed by atoms with van der Waals surface area (Å²) in [4.78, 5) is 23.9. The van der Waals surface area contributed by atoms with Crippen molar-refractivity contribution >= 4 is 22.6 Å². The maximum atomic E-state index is 12.0. The minimum absolute atomic E-state index is 0.0522. The Morgan fingerprint density at radius 1 is 1.50 bits per heavy atom. The minimum Gasteiger partial charge on any atom is -0.370 e. The number of hydrogen-bond acceptors (Lipinski definition) is 3. The molecule has 5 nitrogen and oxygen atoms in total. The van der Waals surface area contributed by atoms with Crippen LogP contribution in [-0.4, -0.2) is 20.8 Å². The average Bonchev–Trinajstić information content (AvgIpc) is 2.62. The lowest BCUT2D eigenvalue weighted by Crippen LogP contribution is -2.42. The lowest BCUT2D eigenvalue weighted by molar-refractivity contribution is -0.0226. The van der Waals surface area contributed by atoms with Gasteiger partial charge in [-0.3, -0.25) is 9.36 Å². The van der Waals surface area contributed by atoms with Crippen LogP contribution in [0.25, 0.3) is 0 Å². The molecule has 0 spiro atoms. The number of hydrogen-bond donors (Lipinski definition) is 0. The van der Waals surface area contributed by atoms with Gasteiger partial charge < -0.3 is 9.30 Å². The zero-order valence-electron chi connectivity index (χ0n) is 10.8. The van der Waals surface area contributed by atoms with Crippen LogP contribution in [-0.2, 0) is 18.3 Å². The summed E-state index contributed by atoms with van der Waals surface area (Å²) in [7, 11) is 1.65. The largest absolute Gasteiger partial charge is 0.370 e. The number of nitrogens with zero attached hydrogens (tertiary/aromatic N) is 2. The van der Waals surface area contributed by atoms with Gasteiger partial charge in [0.25, 0.3) is 5.56 Å². The zero-order valence-corrected chi connectivity index (χ0v) is 12.9. The summed E-state index contributed by atoms with van der Waals surface area (Å²) >= 11 is 1.95. The maximum absolute atomic E-state index is 12.0. The molecule has 1 saturated heterocycles. The van der Waals surface area contributed by atoms with Crippen LogP contribution in [0, 0.1) is 3.57 Å². The van der Waals surface area contributed by atoms with Crippen molar-refractivity contribution in [2.75, 3.05) is 0 Å². The van der Waals surface area contributed by atoms with Crippen LogP contribution >= 0.6 is 22.6 Å². The van der Waals surface area contributed by atoms with E-state index in [0.717, 1.165) is 12.8 Å². The average molecular weight is 364 g/mol. The molecule has 0 bridgehead atoms. The van der Waals surface area contributed by atoms with Gasteiger partial charge in [0, 0.05) is 13.2 Å². The molecular weight excluding hydrogens is 347 g/mol. The van der Waals surface area contributed by atoms with E-state index in [1.807, 2.05) is 36.4 Å². The van der Waals surface area contributed by atoms with E-state index in [9.17, 15) is 9.59 Å². The van der Waals surface area contributed by atoms with Gasteiger partial charge in [-0.05, 0) is 49.3 Å². The quantitative estimate of drug-likeness (QED) is 0.739. The Kier molecular flexibility index (Phi) is 3.68. The first-order chi connectivity index (χ1) is 8.30. The van der Waals surface area contributed by atoms with Gasteiger partial charge in [0.2, 0.25) is 0 Å². The molecule has 0 radical (unpaired) electrons. The Morgan fingerprint density at radius 2 is 2.17 bits per heavy atom. The Morgan fingerprint density at radius 3 is 2.72 bits per heavy atom. The summed E-state index contributed by atoms with van der Waals surface area (Å²) in [5.74, 6) is 0. The molecule has 0 aliphatic carbocycles. The molecule has 1 aromatic rings. The third-order valence-corrected chi connectivity index (χ3v) is 3.97. The number of ether oxygens (including phenoxy) is 1. The summed E-state index contributed by atoms with van der Waals surface area (Å²) in [5, 5.41) is 0. The van der Waals surface area contributed by atoms with Crippen LogP contribution in [0.4, 0.5) is 0 Å². The lowest BCUT2D eigenvalue weighted by atomic mass is 10.1. The molecule has 1 aliphatic rings. The fourth-order valence-electron chi connectivity index (χ4n) is 2.26. The van der Waals surface area contributed by atoms with E-state index >= 15 is 0 Å². The first-order valence-corrected chi connectivity index (χ1v) is 7.02. The highest BCUT2D eigenvalue weighted by molar-refractivity contribution is 14.1. The highest BCUT2D eigenvalue weighted by atomic mass is 127. The Balaban J connectivity index is 2.31. The minimum atomic E-state index is -0.284. The van der Waals surface area contributed by atoms with Crippen LogP contribution in [0.5, 0.6) is 0 Å². The SMILES string of the molecule is Cn1cc(I)c(=O)n(CC2CCC(C)(C)O2)c1=O. The van der Waals surface area contributed by atoms with Gasteiger partial charge in [-0.2, -0.15) is 0 Å². The van der Waals surface area contributed by atoms with Gasteiger partial charge in [-0.1, -0.05) is 0 Å². The number of aryl methyl sites for hydroxylation is 1. The predicted octanol–water partition coefficient (Wildman–Crippen LogP) is 1.11. The maximum Gasteiger partial charge on any atom is 0.330 e. The molecule has 100 valence electrons. The second-order valence-corrected chi connectivity index (χ2v) is 6.49. The van der Waals surface area contributed by atoms with E-state index in [2.05, 4.69) is 0 Å². The molecule has 0 aromatic carbocycles. The van der Waals surface area contributed by atoms with E-state index in [0.29, 0.717) is 10.1 Å². The fourth-order valence-corrected chi connectivity index (χ4v) is 2.97. The highest BCUT2D eigenvalue weighted by Crippen LogP contribution is 2.29. The van der Waals surface area contributed by atoms with Crippen LogP contribution in [0.3, 0.4) is 0 Å². The van der Waals surface area contributed by atoms with Crippen LogP contribution < -0.4 is 11.2 Å². The first kappa shape index (κ1) is 13.8. The molecule has 18 heavy (non-hydrogen) atoms. The molecule has 2 rings (SSSR count). The number of halogens is 1. The molecule has 0 saturated carbocycles. The van der Waals surface area contributed by atoms with E-state index in [1.165, 1.54) is 9.13 Å². The molecule has 2 heterocycles. The molecule has 1 unspecified atom stereocenters. The smallest absolute Gasteiger partial charge is 0.330 e. The second-order valence-electron chi connectivity index (χ2n) is 5.32. The monoisotopic (exact) mass is 364 g/mol. The van der Waals surface area contributed by atoms with Crippen LogP contribution in [0.15, 0.2) is 15.8 Å². The van der Waals surface area contributed by atoms with Gasteiger partial charge in [-0.15, -0.1) is 0 Å². The van der Waals surface area contributed by atoms with Gasteiger partial charge >= 0.3 is 5.69 Å². The molecule has 1 aromatic heterocycles. The molecule has 0 amide bonds. The van der Waals surface area contributed by atoms with Crippen molar-refractivity contribution in [1.29, 1.82) is 0 Å². The summed E-state index contributed by atoms with van der Waals surface area (Å²) in [6.45, 7) is 4.40. The first-order valence-electron chi connectivity index (χ1n) is 5.94. The summed E-state index contributed by atoms with van der Waals surface area (Å²) < 4.78 is 9.09. The Labute approximate surface area is 119 Å². The van der Waals surface area contributed by atoms with Crippen molar-refractivity contribution in [3.05, 3.63) is 30.6 Å². The van der Waals surface area contributed by atoms with Crippen LogP contribution in [0.2, 0.25) is 0 Å². The summed E-state index contributed by atoms with van der Waals surface area (Å²) in [6, 6.07) is 0. The van der Waals surface area contributed by atoms with E-state index in [-0.39, 0.29) is 23.0 Å². The topological polar surface area (TPSA) is 53.2 Å². The molecule has 0 N–H and O–H groups in total. The standard InChI is InChI=1S/C12H17IN2O3/c1-12(2)5-4-8(18-12)6-15-10(16)9(13)7-14(3)11(15)17/h7-8H,4-6H2,1-3H3. The molecule has 6 heteroatoms. The van der Waals surface area contributed by atoms with Gasteiger partial charge in [-0.25, -0.2) is 4.79 Å². The second kappa shape index (κ2) is 4.80. The van der Waals surface area contributed by atoms with Crippen molar-refractivity contribution in [3.63, 3.8) is 0 Å². The molecule has 1 fully saturated rings. The summed E-state index contributed by atoms with van der Waals surface area (Å²) in [6.07, 6.45) is 3.34. The third-order valence-electron chi connectivity index (χ3n) is 3.23. The Bertz CT molecular complexity index is 539. The van der Waals surface area contributed by atoms with E-state index in [1.54, 1.807) is 13.2 Å². The van der Waals surface area contributed by atoms with Crippen molar-refractivity contribution < 1.29 is 4.74 Å². The predicted molar refractivity (Wildman–Crippen MR) is 76.8 cm³/mol. The number of aromatic nitrogens is 2. The van der Waals surface area contributed by atoms with Gasteiger partial charge in [0.05, 0.1) is 21.8 Å². The highest BCUT2D eigenvalue weighted by Gasteiger charge is 2.32. The summed E-state index contributed by atoms with van der Waals surface area (Å²) in [5.41, 5.74) is -0.665. The van der Waals surface area contributed by atoms with Crippen molar-refractivity contribution in [3.8, 4) is 0 Å². The fraction of sp³-hybridized carbons (Fsp3) is 0.667. The van der Waals surface area contributed by atoms with Crippen molar-refractivity contribution in [2.24, 2.45) is 7.05 Å². The molecule has 1 atom stereocenters. The van der Waals surface area contributed by atoms with E-state index < -0.39 is 0 Å². The van der Waals surface area contributed by atoms with E-state index in [4.69, 9.17) is 4.74 Å². The van der Waals surface area contributed by atoms with Crippen molar-refractivity contribution in [2.45, 2.75) is 44.9 Å². The van der Waals surface area contributed by atoms with Gasteiger partial charge in [0.1, 0.15) is 0 Å². The van der Waals surface area contributed by atoms with Crippen LogP contribution in [0.1, 0.15) is 26.7 Å². The normalized spacial score (nSPS) is 22.3. The Hall–Kier alpha value is -0.630. The zero-order chi connectivity index (χ0) is 13.5. The van der Waals surface area contributed by atoms with Crippen molar-refractivity contribution in [1.82, 2.24) is 9.13 Å². The molecule has 1 aliphatic heterocycles. The molecular formula is C12H17IN2O3.